The lowest BCUT2D eigenvalue weighted by atomic mass is 10.2. The Balaban J connectivity index is 0.00000441. The molecule has 0 aliphatic rings. The maximum absolute atomic E-state index is 13.0. The number of aromatic nitrogens is 3. The summed E-state index contributed by atoms with van der Waals surface area (Å²) in [4.78, 5) is 8.52. The van der Waals surface area contributed by atoms with Crippen molar-refractivity contribution in [2.24, 2.45) is 0 Å². The molecule has 0 aliphatic carbocycles. The first-order valence-electron chi connectivity index (χ1n) is 11.4. The van der Waals surface area contributed by atoms with Crippen molar-refractivity contribution in [1.82, 2.24) is 14.5 Å². The van der Waals surface area contributed by atoms with Crippen LogP contribution in [0.3, 0.4) is 0 Å². The number of nitrogens with one attached hydrogen (secondary N) is 1. The average molecular weight is 611 g/mol. The van der Waals surface area contributed by atoms with Crippen LogP contribution in [0.15, 0.2) is 61.1 Å². The molecule has 15 heteroatoms. The molecule has 2 aromatic carbocycles. The van der Waals surface area contributed by atoms with Crippen LogP contribution in [0.2, 0.25) is 5.02 Å². The van der Waals surface area contributed by atoms with Crippen LogP contribution in [0.25, 0.3) is 11.0 Å². The van der Waals surface area contributed by atoms with Crippen LogP contribution in [-0.2, 0) is 22.2 Å². The zero-order valence-corrected chi connectivity index (χ0v) is 22.0. The maximum Gasteiger partial charge on any atom is 0.416 e. The third kappa shape index (κ3) is 8.62. The number of anilines is 2. The highest BCUT2D eigenvalue weighted by Crippen LogP contribution is 2.36. The van der Waals surface area contributed by atoms with Crippen molar-refractivity contribution in [3.63, 3.8) is 0 Å². The molecule has 0 aliphatic heterocycles. The van der Waals surface area contributed by atoms with Gasteiger partial charge in [-0.15, -0.1) is 12.4 Å². The molecule has 0 unspecified atom stereocenters. The first kappa shape index (κ1) is 31.3. The highest BCUT2D eigenvalue weighted by molar-refractivity contribution is 6.32. The van der Waals surface area contributed by atoms with Crippen molar-refractivity contribution in [3.05, 3.63) is 71.6 Å². The van der Waals surface area contributed by atoms with Crippen LogP contribution < -0.4 is 10.1 Å². The third-order valence-electron chi connectivity index (χ3n) is 5.25. The molecule has 1 N–H and O–H groups in total. The van der Waals surface area contributed by atoms with Gasteiger partial charge in [-0.3, -0.25) is 0 Å². The van der Waals surface area contributed by atoms with Gasteiger partial charge in [-0.1, -0.05) is 17.7 Å². The standard InChI is InChI=1S/C25H21ClF6N4O3.ClH/c26-19-13-17(4-5-21(19)39-18-3-1-2-16(12-18)25(30,31)32)35-23-22-20(33-15-34-23)6-7-36(22)8-9-37-10-11-38-14-24(27,28)29;/h1-7,12-13,15H,8-11,14H2,(H,33,34,35);1H. The van der Waals surface area contributed by atoms with Crippen molar-refractivity contribution in [2.45, 2.75) is 18.9 Å². The average Bonchev–Trinajstić information content (AvgIpc) is 3.28. The van der Waals surface area contributed by atoms with E-state index in [1.54, 1.807) is 18.3 Å². The molecule has 0 fully saturated rings. The van der Waals surface area contributed by atoms with E-state index < -0.39 is 24.5 Å². The molecule has 2 aromatic heterocycles. The molecule has 2 heterocycles. The first-order chi connectivity index (χ1) is 18.5. The van der Waals surface area contributed by atoms with Gasteiger partial charge < -0.3 is 24.1 Å². The number of hydrogen-bond donors (Lipinski definition) is 1. The Morgan fingerprint density at radius 1 is 0.900 bits per heavy atom. The van der Waals surface area contributed by atoms with E-state index in [0.717, 1.165) is 12.1 Å². The second kappa shape index (κ2) is 13.4. The van der Waals surface area contributed by atoms with Gasteiger partial charge in [0, 0.05) is 18.4 Å². The second-order valence-corrected chi connectivity index (χ2v) is 8.55. The molecule has 0 spiro atoms. The fraction of sp³-hybridized carbons (Fsp3) is 0.280. The minimum Gasteiger partial charge on any atom is -0.456 e. The van der Waals surface area contributed by atoms with E-state index in [0.29, 0.717) is 29.1 Å². The van der Waals surface area contributed by atoms with E-state index in [4.69, 9.17) is 21.1 Å². The molecule has 0 amide bonds. The number of halogens is 8. The van der Waals surface area contributed by atoms with Gasteiger partial charge in [0.25, 0.3) is 0 Å². The normalized spacial score (nSPS) is 11.9. The van der Waals surface area contributed by atoms with Gasteiger partial charge in [-0.05, 0) is 42.5 Å². The Labute approximate surface area is 235 Å². The van der Waals surface area contributed by atoms with E-state index in [1.807, 2.05) is 4.57 Å². The fourth-order valence-electron chi connectivity index (χ4n) is 3.54. The smallest absolute Gasteiger partial charge is 0.416 e. The van der Waals surface area contributed by atoms with Gasteiger partial charge in [-0.2, -0.15) is 26.3 Å². The van der Waals surface area contributed by atoms with Gasteiger partial charge >= 0.3 is 12.4 Å². The summed E-state index contributed by atoms with van der Waals surface area (Å²) in [6.07, 6.45) is -5.74. The molecular formula is C25H22Cl2F6N4O3. The Morgan fingerprint density at radius 2 is 1.68 bits per heavy atom. The van der Waals surface area contributed by atoms with Crippen LogP contribution in [0.1, 0.15) is 5.56 Å². The maximum atomic E-state index is 13.0. The summed E-state index contributed by atoms with van der Waals surface area (Å²) in [6, 6.07) is 10.9. The summed E-state index contributed by atoms with van der Waals surface area (Å²) in [6.45, 7) is -0.927. The molecule has 40 heavy (non-hydrogen) atoms. The molecule has 0 atom stereocenters. The van der Waals surface area contributed by atoms with Gasteiger partial charge in [0.15, 0.2) is 5.82 Å². The lowest BCUT2D eigenvalue weighted by molar-refractivity contribution is -0.176. The van der Waals surface area contributed by atoms with Crippen molar-refractivity contribution in [2.75, 3.05) is 31.7 Å². The SMILES string of the molecule is Cl.FC(F)(F)COCCOCCn1ccc2ncnc(Nc3ccc(Oc4cccc(C(F)(F)F)c4)c(Cl)c3)c21. The summed E-state index contributed by atoms with van der Waals surface area (Å²) in [7, 11) is 0. The van der Waals surface area contributed by atoms with Crippen LogP contribution in [0.4, 0.5) is 37.8 Å². The summed E-state index contributed by atoms with van der Waals surface area (Å²) >= 11 is 6.33. The second-order valence-electron chi connectivity index (χ2n) is 8.14. The molecule has 0 radical (unpaired) electrons. The minimum absolute atomic E-state index is 0. The Kier molecular flexibility index (Phi) is 10.5. The lowest BCUT2D eigenvalue weighted by Gasteiger charge is -2.13. The van der Waals surface area contributed by atoms with Crippen molar-refractivity contribution in [3.8, 4) is 11.5 Å². The third-order valence-corrected chi connectivity index (χ3v) is 5.54. The number of rotatable bonds is 11. The number of fused-ring (bicyclic) bond motifs is 1. The zero-order chi connectivity index (χ0) is 28.0. The molecule has 0 saturated heterocycles. The van der Waals surface area contributed by atoms with E-state index in [1.165, 1.54) is 30.6 Å². The van der Waals surface area contributed by atoms with Crippen molar-refractivity contribution in [1.29, 1.82) is 0 Å². The van der Waals surface area contributed by atoms with Crippen molar-refractivity contribution < 1.29 is 40.6 Å². The monoisotopic (exact) mass is 610 g/mol. The quantitative estimate of drug-likeness (QED) is 0.139. The highest BCUT2D eigenvalue weighted by atomic mass is 35.5. The number of nitrogens with zero attached hydrogens (tertiary/aromatic N) is 3. The molecule has 4 rings (SSSR count). The Morgan fingerprint density at radius 3 is 2.40 bits per heavy atom. The van der Waals surface area contributed by atoms with Crippen LogP contribution in [-0.4, -0.2) is 47.1 Å². The van der Waals surface area contributed by atoms with E-state index >= 15 is 0 Å². The minimum atomic E-state index is -4.51. The number of benzene rings is 2. The highest BCUT2D eigenvalue weighted by Gasteiger charge is 2.30. The lowest BCUT2D eigenvalue weighted by Crippen LogP contribution is -2.19. The summed E-state index contributed by atoms with van der Waals surface area (Å²) in [5, 5.41) is 3.29. The van der Waals surface area contributed by atoms with E-state index in [-0.39, 0.29) is 48.7 Å². The topological polar surface area (TPSA) is 70.4 Å². The molecular weight excluding hydrogens is 589 g/mol. The van der Waals surface area contributed by atoms with Gasteiger partial charge in [0.05, 0.1) is 35.9 Å². The van der Waals surface area contributed by atoms with Crippen LogP contribution in [0, 0.1) is 0 Å². The Bertz CT molecular complexity index is 1420. The fourth-order valence-corrected chi connectivity index (χ4v) is 3.76. The van der Waals surface area contributed by atoms with Gasteiger partial charge in [0.2, 0.25) is 0 Å². The zero-order valence-electron chi connectivity index (χ0n) is 20.4. The number of alkyl halides is 6. The first-order valence-corrected chi connectivity index (χ1v) is 11.8. The number of hydrogen-bond acceptors (Lipinski definition) is 6. The van der Waals surface area contributed by atoms with E-state index in [2.05, 4.69) is 20.0 Å². The van der Waals surface area contributed by atoms with Crippen LogP contribution >= 0.6 is 24.0 Å². The Hall–Kier alpha value is -3.26. The summed E-state index contributed by atoms with van der Waals surface area (Å²) in [5.41, 5.74) is 0.971. The van der Waals surface area contributed by atoms with E-state index in [9.17, 15) is 26.3 Å². The molecule has 216 valence electrons. The molecule has 7 nitrogen and oxygen atoms in total. The molecule has 0 bridgehead atoms. The number of ether oxygens (including phenoxy) is 3. The van der Waals surface area contributed by atoms with Crippen LogP contribution in [0.5, 0.6) is 11.5 Å². The molecule has 4 aromatic rings. The predicted molar refractivity (Wildman–Crippen MR) is 139 cm³/mol. The van der Waals surface area contributed by atoms with Gasteiger partial charge in [0.1, 0.15) is 29.9 Å². The summed E-state index contributed by atoms with van der Waals surface area (Å²) in [5.74, 6) is 0.590. The van der Waals surface area contributed by atoms with Crippen molar-refractivity contribution >= 4 is 46.5 Å². The predicted octanol–water partition coefficient (Wildman–Crippen LogP) is 7.66. The van der Waals surface area contributed by atoms with Gasteiger partial charge in [-0.25, -0.2) is 9.97 Å². The largest absolute Gasteiger partial charge is 0.456 e. The summed E-state index contributed by atoms with van der Waals surface area (Å²) < 4.78 is 92.5. The molecule has 0 saturated carbocycles.